The molecule has 0 aliphatic rings. The van der Waals surface area contributed by atoms with Crippen molar-refractivity contribution >= 4 is 0 Å². The first-order valence-electron chi connectivity index (χ1n) is 3.37. The Labute approximate surface area is 60.2 Å². The molecular weight excluding hydrogens is 128 g/mol. The molecule has 0 bridgehead atoms. The van der Waals surface area contributed by atoms with Crippen molar-refractivity contribution in [3.05, 3.63) is 17.5 Å². The fourth-order valence-corrected chi connectivity index (χ4v) is 0.883. The average Bonchev–Trinajstić information content (AvgIpc) is 2.34. The van der Waals surface area contributed by atoms with Gasteiger partial charge in [0.05, 0.1) is 6.20 Å². The second-order valence-electron chi connectivity index (χ2n) is 2.51. The van der Waals surface area contributed by atoms with Crippen molar-refractivity contribution in [3.63, 3.8) is 0 Å². The quantitative estimate of drug-likeness (QED) is 0.667. The molecule has 56 valence electrons. The van der Waals surface area contributed by atoms with Crippen LogP contribution in [0, 0.1) is 6.92 Å². The SMILES string of the molecule is Cc1cnoc1C(C)CN. The molecule has 0 aromatic carbocycles. The zero-order chi connectivity index (χ0) is 7.56. The number of nitrogens with two attached hydrogens (primary N) is 1. The molecule has 1 atom stereocenters. The van der Waals surface area contributed by atoms with Gasteiger partial charge in [-0.2, -0.15) is 0 Å². The molecule has 0 amide bonds. The number of hydrogen-bond acceptors (Lipinski definition) is 3. The molecular formula is C7H12N2O. The lowest BCUT2D eigenvalue weighted by Gasteiger charge is -2.02. The van der Waals surface area contributed by atoms with Crippen molar-refractivity contribution in [2.75, 3.05) is 6.54 Å². The van der Waals surface area contributed by atoms with Crippen molar-refractivity contribution in [3.8, 4) is 0 Å². The first-order valence-corrected chi connectivity index (χ1v) is 3.37. The van der Waals surface area contributed by atoms with Crippen LogP contribution in [0.2, 0.25) is 0 Å². The fourth-order valence-electron chi connectivity index (χ4n) is 0.883. The fraction of sp³-hybridized carbons (Fsp3) is 0.571. The van der Waals surface area contributed by atoms with Crippen LogP contribution in [0.25, 0.3) is 0 Å². The molecule has 3 heteroatoms. The molecule has 1 rings (SSSR count). The van der Waals surface area contributed by atoms with E-state index in [1.54, 1.807) is 6.20 Å². The molecule has 1 unspecified atom stereocenters. The van der Waals surface area contributed by atoms with Gasteiger partial charge in [0.1, 0.15) is 5.76 Å². The Balaban J connectivity index is 2.82. The predicted octanol–water partition coefficient (Wildman–Crippen LogP) is 1.05. The van der Waals surface area contributed by atoms with Crippen LogP contribution in [0.15, 0.2) is 10.7 Å². The van der Waals surface area contributed by atoms with Gasteiger partial charge in [0.2, 0.25) is 0 Å². The zero-order valence-corrected chi connectivity index (χ0v) is 6.29. The van der Waals surface area contributed by atoms with E-state index >= 15 is 0 Å². The van der Waals surface area contributed by atoms with Crippen molar-refractivity contribution in [1.82, 2.24) is 5.16 Å². The number of aromatic nitrogens is 1. The van der Waals surface area contributed by atoms with E-state index in [0.717, 1.165) is 11.3 Å². The number of rotatable bonds is 2. The van der Waals surface area contributed by atoms with Crippen molar-refractivity contribution < 1.29 is 4.52 Å². The molecule has 10 heavy (non-hydrogen) atoms. The summed E-state index contributed by atoms with van der Waals surface area (Å²) < 4.78 is 4.99. The first-order chi connectivity index (χ1) is 4.75. The average molecular weight is 140 g/mol. The Bertz CT molecular complexity index is 207. The van der Waals surface area contributed by atoms with E-state index in [9.17, 15) is 0 Å². The zero-order valence-electron chi connectivity index (χ0n) is 6.29. The van der Waals surface area contributed by atoms with Crippen LogP contribution in [0.4, 0.5) is 0 Å². The third-order valence-electron chi connectivity index (χ3n) is 1.59. The Morgan fingerprint density at radius 1 is 1.80 bits per heavy atom. The van der Waals surface area contributed by atoms with Gasteiger partial charge in [0.25, 0.3) is 0 Å². The predicted molar refractivity (Wildman–Crippen MR) is 38.7 cm³/mol. The van der Waals surface area contributed by atoms with Gasteiger partial charge in [0, 0.05) is 18.0 Å². The van der Waals surface area contributed by atoms with E-state index < -0.39 is 0 Å². The molecule has 0 spiro atoms. The molecule has 0 fully saturated rings. The lowest BCUT2D eigenvalue weighted by Crippen LogP contribution is -2.08. The summed E-state index contributed by atoms with van der Waals surface area (Å²) in [4.78, 5) is 0. The first kappa shape index (κ1) is 7.28. The molecule has 0 aliphatic heterocycles. The molecule has 1 heterocycles. The number of hydrogen-bond donors (Lipinski definition) is 1. The van der Waals surface area contributed by atoms with Gasteiger partial charge < -0.3 is 10.3 Å². The number of aryl methyl sites for hydroxylation is 1. The summed E-state index contributed by atoms with van der Waals surface area (Å²) in [6.07, 6.45) is 1.71. The topological polar surface area (TPSA) is 52.0 Å². The van der Waals surface area contributed by atoms with Crippen LogP contribution in [-0.2, 0) is 0 Å². The van der Waals surface area contributed by atoms with Gasteiger partial charge in [0.15, 0.2) is 0 Å². The summed E-state index contributed by atoms with van der Waals surface area (Å²) in [6, 6.07) is 0. The Morgan fingerprint density at radius 3 is 2.90 bits per heavy atom. The summed E-state index contributed by atoms with van der Waals surface area (Å²) in [6.45, 7) is 4.60. The van der Waals surface area contributed by atoms with E-state index in [1.807, 2.05) is 13.8 Å². The van der Waals surface area contributed by atoms with Crippen LogP contribution in [0.5, 0.6) is 0 Å². The number of nitrogens with zero attached hydrogens (tertiary/aromatic N) is 1. The standard InChI is InChI=1S/C7H12N2O/c1-5(3-8)7-6(2)4-9-10-7/h4-5H,3,8H2,1-2H3. The Hall–Kier alpha value is -0.830. The smallest absolute Gasteiger partial charge is 0.143 e. The summed E-state index contributed by atoms with van der Waals surface area (Å²) in [5.41, 5.74) is 6.53. The van der Waals surface area contributed by atoms with E-state index in [2.05, 4.69) is 5.16 Å². The van der Waals surface area contributed by atoms with E-state index in [0.29, 0.717) is 6.54 Å². The van der Waals surface area contributed by atoms with Gasteiger partial charge in [-0.1, -0.05) is 12.1 Å². The second-order valence-corrected chi connectivity index (χ2v) is 2.51. The summed E-state index contributed by atoms with van der Waals surface area (Å²) in [7, 11) is 0. The van der Waals surface area contributed by atoms with Gasteiger partial charge in [-0.15, -0.1) is 0 Å². The lowest BCUT2D eigenvalue weighted by atomic mass is 10.1. The van der Waals surface area contributed by atoms with Crippen LogP contribution >= 0.6 is 0 Å². The third-order valence-corrected chi connectivity index (χ3v) is 1.59. The van der Waals surface area contributed by atoms with Crippen molar-refractivity contribution in [1.29, 1.82) is 0 Å². The lowest BCUT2D eigenvalue weighted by molar-refractivity contribution is 0.366. The minimum absolute atomic E-state index is 0.280. The monoisotopic (exact) mass is 140 g/mol. The maximum Gasteiger partial charge on any atom is 0.143 e. The third kappa shape index (κ3) is 1.19. The molecule has 1 aromatic rings. The van der Waals surface area contributed by atoms with E-state index in [4.69, 9.17) is 10.3 Å². The summed E-state index contributed by atoms with van der Waals surface area (Å²) in [5, 5.41) is 3.66. The van der Waals surface area contributed by atoms with Gasteiger partial charge >= 0.3 is 0 Å². The van der Waals surface area contributed by atoms with Gasteiger partial charge in [-0.3, -0.25) is 0 Å². The maximum atomic E-state index is 5.44. The highest BCUT2D eigenvalue weighted by Gasteiger charge is 2.10. The molecule has 3 nitrogen and oxygen atoms in total. The molecule has 2 N–H and O–H groups in total. The molecule has 0 saturated heterocycles. The van der Waals surface area contributed by atoms with Gasteiger partial charge in [-0.25, -0.2) is 0 Å². The van der Waals surface area contributed by atoms with Crippen LogP contribution in [0.1, 0.15) is 24.2 Å². The van der Waals surface area contributed by atoms with Gasteiger partial charge in [-0.05, 0) is 6.92 Å². The van der Waals surface area contributed by atoms with Crippen molar-refractivity contribution in [2.45, 2.75) is 19.8 Å². The molecule has 1 aromatic heterocycles. The molecule has 0 radical (unpaired) electrons. The largest absolute Gasteiger partial charge is 0.361 e. The normalized spacial score (nSPS) is 13.5. The summed E-state index contributed by atoms with van der Waals surface area (Å²) >= 11 is 0. The Kier molecular flexibility index (Phi) is 2.06. The molecule has 0 saturated carbocycles. The Morgan fingerprint density at radius 2 is 2.50 bits per heavy atom. The maximum absolute atomic E-state index is 5.44. The highest BCUT2D eigenvalue weighted by Crippen LogP contribution is 2.16. The molecule has 0 aliphatic carbocycles. The minimum Gasteiger partial charge on any atom is -0.361 e. The van der Waals surface area contributed by atoms with Crippen LogP contribution in [-0.4, -0.2) is 11.7 Å². The van der Waals surface area contributed by atoms with E-state index in [1.165, 1.54) is 0 Å². The minimum atomic E-state index is 0.280. The summed E-state index contributed by atoms with van der Waals surface area (Å²) in [5.74, 6) is 1.19. The highest BCUT2D eigenvalue weighted by atomic mass is 16.5. The van der Waals surface area contributed by atoms with Crippen LogP contribution < -0.4 is 5.73 Å². The second kappa shape index (κ2) is 2.84. The highest BCUT2D eigenvalue weighted by molar-refractivity contribution is 5.14. The van der Waals surface area contributed by atoms with Crippen LogP contribution in [0.3, 0.4) is 0 Å². The van der Waals surface area contributed by atoms with E-state index in [-0.39, 0.29) is 5.92 Å². The van der Waals surface area contributed by atoms with Crippen molar-refractivity contribution in [2.24, 2.45) is 5.73 Å².